The third kappa shape index (κ3) is 1.44. The van der Waals surface area contributed by atoms with Crippen molar-refractivity contribution in [3.05, 3.63) is 16.6 Å². The number of hydrogen-bond donors (Lipinski definition) is 1. The van der Waals surface area contributed by atoms with Crippen molar-refractivity contribution < 1.29 is 5.11 Å². The Balaban J connectivity index is 2.00. The van der Waals surface area contributed by atoms with Crippen LogP contribution >= 0.6 is 11.3 Å². The van der Waals surface area contributed by atoms with E-state index in [4.69, 9.17) is 0 Å². The SMILES string of the molecule is OC1(Cc2cncs2)CCC1. The molecule has 11 heavy (non-hydrogen) atoms. The van der Waals surface area contributed by atoms with Crippen LogP contribution in [-0.2, 0) is 6.42 Å². The van der Waals surface area contributed by atoms with Crippen LogP contribution in [0, 0.1) is 0 Å². The Labute approximate surface area is 69.9 Å². The van der Waals surface area contributed by atoms with Gasteiger partial charge in [0.25, 0.3) is 0 Å². The molecule has 1 heterocycles. The zero-order valence-electron chi connectivity index (χ0n) is 6.29. The van der Waals surface area contributed by atoms with E-state index in [-0.39, 0.29) is 5.60 Å². The molecule has 0 unspecified atom stereocenters. The maximum Gasteiger partial charge on any atom is 0.0794 e. The number of aromatic nitrogens is 1. The molecule has 0 radical (unpaired) electrons. The van der Waals surface area contributed by atoms with E-state index in [1.165, 1.54) is 11.3 Å². The molecule has 1 N–H and O–H groups in total. The quantitative estimate of drug-likeness (QED) is 0.729. The molecule has 1 fully saturated rings. The molecular formula is C8H11NOS. The Bertz CT molecular complexity index is 228. The molecule has 1 aliphatic rings. The predicted octanol–water partition coefficient (Wildman–Crippen LogP) is 1.60. The average Bonchev–Trinajstić information content (AvgIpc) is 2.36. The highest BCUT2D eigenvalue weighted by Gasteiger charge is 2.34. The van der Waals surface area contributed by atoms with Gasteiger partial charge in [-0.1, -0.05) is 0 Å². The maximum atomic E-state index is 9.76. The summed E-state index contributed by atoms with van der Waals surface area (Å²) in [7, 11) is 0. The Hall–Kier alpha value is -0.410. The molecule has 2 rings (SSSR count). The molecule has 2 nitrogen and oxygen atoms in total. The molecule has 1 aliphatic carbocycles. The summed E-state index contributed by atoms with van der Waals surface area (Å²) >= 11 is 1.63. The fraction of sp³-hybridized carbons (Fsp3) is 0.625. The van der Waals surface area contributed by atoms with E-state index >= 15 is 0 Å². The second kappa shape index (κ2) is 2.57. The third-order valence-corrected chi connectivity index (χ3v) is 3.05. The van der Waals surface area contributed by atoms with E-state index < -0.39 is 0 Å². The van der Waals surface area contributed by atoms with Crippen molar-refractivity contribution in [2.45, 2.75) is 31.3 Å². The molecule has 0 aliphatic heterocycles. The van der Waals surface area contributed by atoms with Crippen molar-refractivity contribution in [1.29, 1.82) is 0 Å². The maximum absolute atomic E-state index is 9.76. The van der Waals surface area contributed by atoms with Crippen LogP contribution in [-0.4, -0.2) is 15.7 Å². The van der Waals surface area contributed by atoms with E-state index in [1.54, 1.807) is 11.3 Å². The average molecular weight is 169 g/mol. The molecule has 0 saturated heterocycles. The molecule has 3 heteroatoms. The second-order valence-corrected chi connectivity index (χ2v) is 4.19. The summed E-state index contributed by atoms with van der Waals surface area (Å²) in [4.78, 5) is 5.17. The molecule has 0 amide bonds. The molecule has 0 aromatic carbocycles. The van der Waals surface area contributed by atoms with Crippen molar-refractivity contribution >= 4 is 11.3 Å². The monoisotopic (exact) mass is 169 g/mol. The van der Waals surface area contributed by atoms with E-state index in [9.17, 15) is 5.11 Å². The molecule has 1 aromatic heterocycles. The Morgan fingerprint density at radius 1 is 1.64 bits per heavy atom. The fourth-order valence-corrected chi connectivity index (χ4v) is 2.15. The summed E-state index contributed by atoms with van der Waals surface area (Å²) in [6.45, 7) is 0. The highest BCUT2D eigenvalue weighted by Crippen LogP contribution is 2.35. The van der Waals surface area contributed by atoms with Crippen LogP contribution in [0.4, 0.5) is 0 Å². The number of nitrogens with zero attached hydrogens (tertiary/aromatic N) is 1. The van der Waals surface area contributed by atoms with Gasteiger partial charge in [0.15, 0.2) is 0 Å². The first-order valence-corrected chi connectivity index (χ1v) is 4.76. The lowest BCUT2D eigenvalue weighted by Gasteiger charge is -2.36. The first-order valence-electron chi connectivity index (χ1n) is 3.88. The summed E-state index contributed by atoms with van der Waals surface area (Å²) < 4.78 is 0. The minimum absolute atomic E-state index is 0.382. The van der Waals surface area contributed by atoms with Gasteiger partial charge >= 0.3 is 0 Å². The largest absolute Gasteiger partial charge is 0.390 e. The smallest absolute Gasteiger partial charge is 0.0794 e. The molecule has 1 aromatic rings. The van der Waals surface area contributed by atoms with Gasteiger partial charge in [0.1, 0.15) is 0 Å². The van der Waals surface area contributed by atoms with Gasteiger partial charge in [-0.05, 0) is 19.3 Å². The van der Waals surface area contributed by atoms with E-state index in [2.05, 4.69) is 4.98 Å². The van der Waals surface area contributed by atoms with Crippen molar-refractivity contribution in [2.24, 2.45) is 0 Å². The van der Waals surface area contributed by atoms with Gasteiger partial charge in [0.05, 0.1) is 11.1 Å². The van der Waals surface area contributed by atoms with E-state index in [0.717, 1.165) is 19.3 Å². The van der Waals surface area contributed by atoms with Crippen LogP contribution < -0.4 is 0 Å². The van der Waals surface area contributed by atoms with E-state index in [1.807, 2.05) is 11.7 Å². The summed E-state index contributed by atoms with van der Waals surface area (Å²) in [5.41, 5.74) is 1.43. The summed E-state index contributed by atoms with van der Waals surface area (Å²) in [5.74, 6) is 0. The molecule has 0 atom stereocenters. The predicted molar refractivity (Wildman–Crippen MR) is 44.6 cm³/mol. The standard InChI is InChI=1S/C8H11NOS/c10-8(2-1-3-8)4-7-5-9-6-11-7/h5-6,10H,1-4H2. The molecular weight excluding hydrogens is 158 g/mol. The number of rotatable bonds is 2. The number of thiazole rings is 1. The fourth-order valence-electron chi connectivity index (χ4n) is 1.42. The highest BCUT2D eigenvalue weighted by atomic mass is 32.1. The lowest BCUT2D eigenvalue weighted by Crippen LogP contribution is -2.38. The first-order chi connectivity index (χ1) is 5.29. The molecule has 0 bridgehead atoms. The van der Waals surface area contributed by atoms with Crippen LogP contribution in [0.3, 0.4) is 0 Å². The van der Waals surface area contributed by atoms with Gasteiger partial charge in [0.2, 0.25) is 0 Å². The van der Waals surface area contributed by atoms with Gasteiger partial charge in [-0.2, -0.15) is 0 Å². The van der Waals surface area contributed by atoms with Crippen molar-refractivity contribution in [3.63, 3.8) is 0 Å². The van der Waals surface area contributed by atoms with Crippen LogP contribution in [0.1, 0.15) is 24.1 Å². The van der Waals surface area contributed by atoms with Gasteiger partial charge in [-0.3, -0.25) is 4.98 Å². The Kier molecular flexibility index (Phi) is 1.69. The van der Waals surface area contributed by atoms with Crippen LogP contribution in [0.5, 0.6) is 0 Å². The summed E-state index contributed by atoms with van der Waals surface area (Å²) in [5, 5.41) is 9.76. The Morgan fingerprint density at radius 2 is 2.45 bits per heavy atom. The zero-order valence-corrected chi connectivity index (χ0v) is 7.10. The van der Waals surface area contributed by atoms with Crippen molar-refractivity contribution in [3.8, 4) is 0 Å². The topological polar surface area (TPSA) is 33.1 Å². The number of hydrogen-bond acceptors (Lipinski definition) is 3. The van der Waals surface area contributed by atoms with Crippen molar-refractivity contribution in [1.82, 2.24) is 4.98 Å². The van der Waals surface area contributed by atoms with Gasteiger partial charge in [0, 0.05) is 17.5 Å². The van der Waals surface area contributed by atoms with Crippen molar-refractivity contribution in [2.75, 3.05) is 0 Å². The first kappa shape index (κ1) is 7.25. The second-order valence-electron chi connectivity index (χ2n) is 3.22. The lowest BCUT2D eigenvalue weighted by atomic mass is 9.78. The third-order valence-electron chi connectivity index (χ3n) is 2.27. The zero-order chi connectivity index (χ0) is 7.73. The molecule has 1 saturated carbocycles. The molecule has 60 valence electrons. The normalized spacial score (nSPS) is 21.2. The van der Waals surface area contributed by atoms with E-state index in [0.29, 0.717) is 0 Å². The van der Waals surface area contributed by atoms with Crippen LogP contribution in [0.25, 0.3) is 0 Å². The van der Waals surface area contributed by atoms with Gasteiger partial charge in [-0.25, -0.2) is 0 Å². The Morgan fingerprint density at radius 3 is 2.91 bits per heavy atom. The summed E-state index contributed by atoms with van der Waals surface area (Å²) in [6, 6.07) is 0. The number of aliphatic hydroxyl groups is 1. The minimum Gasteiger partial charge on any atom is -0.390 e. The van der Waals surface area contributed by atoms with Crippen LogP contribution in [0.2, 0.25) is 0 Å². The minimum atomic E-state index is -0.382. The van der Waals surface area contributed by atoms with Gasteiger partial charge < -0.3 is 5.11 Å². The lowest BCUT2D eigenvalue weighted by molar-refractivity contribution is -0.0316. The molecule has 0 spiro atoms. The summed E-state index contributed by atoms with van der Waals surface area (Å²) in [6.07, 6.45) is 5.75. The van der Waals surface area contributed by atoms with Crippen LogP contribution in [0.15, 0.2) is 11.7 Å². The highest BCUT2D eigenvalue weighted by molar-refractivity contribution is 7.09. The van der Waals surface area contributed by atoms with Gasteiger partial charge in [-0.15, -0.1) is 11.3 Å².